The number of likely N-dealkylation sites (tertiary alicyclic amines) is 2. The summed E-state index contributed by atoms with van der Waals surface area (Å²) >= 11 is 0. The zero-order chi connectivity index (χ0) is 39.6. The third kappa shape index (κ3) is 10.2. The van der Waals surface area contributed by atoms with E-state index in [-0.39, 0.29) is 47.7 Å². The van der Waals surface area contributed by atoms with Gasteiger partial charge in [-0.2, -0.15) is 0 Å². The highest BCUT2D eigenvalue weighted by Crippen LogP contribution is 2.43. The molecule has 0 aliphatic carbocycles. The number of rotatable bonds is 17. The summed E-state index contributed by atoms with van der Waals surface area (Å²) in [6, 6.07) is 37.7. The first-order chi connectivity index (χ1) is 28.4. The minimum absolute atomic E-state index is 0.112. The number of carbonyl (C=O) groups excluding carboxylic acids is 2. The van der Waals surface area contributed by atoms with Crippen LogP contribution in [0, 0.1) is 10.8 Å². The summed E-state index contributed by atoms with van der Waals surface area (Å²) in [6.07, 6.45) is 16.0. The van der Waals surface area contributed by atoms with E-state index >= 15 is 0 Å². The third-order valence-corrected chi connectivity index (χ3v) is 12.9. The highest BCUT2D eigenvalue weighted by atomic mass is 16.5. The number of ether oxygens (including phenoxy) is 2. The van der Waals surface area contributed by atoms with Gasteiger partial charge in [0.25, 0.3) is 0 Å². The lowest BCUT2D eigenvalue weighted by molar-refractivity contribution is -0.121. The highest BCUT2D eigenvalue weighted by molar-refractivity contribution is 5.96. The normalized spacial score (nSPS) is 24.4. The van der Waals surface area contributed by atoms with Gasteiger partial charge in [0.2, 0.25) is 11.8 Å². The fraction of sp³-hybridized carbons (Fsp3) is 0.400. The van der Waals surface area contributed by atoms with Gasteiger partial charge in [-0.25, -0.2) is 0 Å². The molecule has 2 saturated heterocycles. The van der Waals surface area contributed by atoms with Crippen LogP contribution < -0.4 is 10.6 Å². The molecule has 4 aromatic carbocycles. The van der Waals surface area contributed by atoms with E-state index in [1.54, 1.807) is 0 Å². The smallest absolute Gasteiger partial charge is 0.224 e. The summed E-state index contributed by atoms with van der Waals surface area (Å²) in [6.45, 7) is 7.22. The number of nitrogens with one attached hydrogen (secondary N) is 2. The summed E-state index contributed by atoms with van der Waals surface area (Å²) in [5, 5.41) is 5.95. The molecular formula is C50H58N4O4. The number of aryl methyl sites for hydroxylation is 2. The minimum atomic E-state index is -0.172. The summed E-state index contributed by atoms with van der Waals surface area (Å²) in [7, 11) is 0. The van der Waals surface area contributed by atoms with Crippen LogP contribution in [0.2, 0.25) is 0 Å². The van der Waals surface area contributed by atoms with Crippen molar-refractivity contribution in [2.75, 3.05) is 50.0 Å². The number of benzene rings is 4. The molecule has 2 amide bonds. The van der Waals surface area contributed by atoms with Crippen LogP contribution in [0.1, 0.15) is 60.8 Å². The Bertz CT molecular complexity index is 1870. The van der Waals surface area contributed by atoms with Crippen LogP contribution in [-0.4, -0.2) is 73.2 Å². The minimum Gasteiger partial charge on any atom is -0.369 e. The number of hydrogen-bond acceptors (Lipinski definition) is 6. The van der Waals surface area contributed by atoms with Gasteiger partial charge in [-0.3, -0.25) is 19.4 Å². The second kappa shape index (κ2) is 18.8. The Kier molecular flexibility index (Phi) is 13.0. The topological polar surface area (TPSA) is 83.1 Å². The molecule has 0 spiro atoms. The van der Waals surface area contributed by atoms with Crippen molar-refractivity contribution in [2.45, 2.75) is 76.7 Å². The van der Waals surface area contributed by atoms with Gasteiger partial charge in [-0.05, 0) is 98.1 Å². The monoisotopic (exact) mass is 778 g/mol. The van der Waals surface area contributed by atoms with Crippen LogP contribution >= 0.6 is 0 Å². The predicted molar refractivity (Wildman–Crippen MR) is 231 cm³/mol. The van der Waals surface area contributed by atoms with Crippen molar-refractivity contribution in [2.24, 2.45) is 10.8 Å². The molecule has 2 N–H and O–H groups in total. The quantitative estimate of drug-likeness (QED) is 0.105. The highest BCUT2D eigenvalue weighted by Gasteiger charge is 2.45. The maximum absolute atomic E-state index is 12.8. The average molecular weight is 779 g/mol. The summed E-state index contributed by atoms with van der Waals surface area (Å²) in [4.78, 5) is 30.7. The van der Waals surface area contributed by atoms with Gasteiger partial charge in [0, 0.05) is 61.2 Å². The molecule has 4 heterocycles. The maximum atomic E-state index is 12.8. The van der Waals surface area contributed by atoms with Gasteiger partial charge in [-0.15, -0.1) is 0 Å². The first kappa shape index (κ1) is 39.9. The first-order valence-corrected chi connectivity index (χ1v) is 21.3. The van der Waals surface area contributed by atoms with Crippen molar-refractivity contribution in [3.8, 4) is 0 Å². The van der Waals surface area contributed by atoms with Crippen molar-refractivity contribution in [1.82, 2.24) is 9.80 Å². The number of amides is 2. The molecule has 2 fully saturated rings. The molecule has 0 bridgehead atoms. The summed E-state index contributed by atoms with van der Waals surface area (Å²) in [5.74, 6) is -0.343. The Morgan fingerprint density at radius 1 is 0.552 bits per heavy atom. The van der Waals surface area contributed by atoms with Crippen molar-refractivity contribution < 1.29 is 19.1 Å². The third-order valence-electron chi connectivity index (χ3n) is 12.9. The Morgan fingerprint density at radius 3 is 1.34 bits per heavy atom. The molecule has 0 radical (unpaired) electrons. The van der Waals surface area contributed by atoms with E-state index < -0.39 is 0 Å². The summed E-state index contributed by atoms with van der Waals surface area (Å²) in [5.41, 5.74) is 6.90. The van der Waals surface area contributed by atoms with E-state index in [4.69, 9.17) is 9.47 Å². The lowest BCUT2D eigenvalue weighted by Crippen LogP contribution is -2.38. The molecule has 4 aliphatic rings. The molecule has 8 heteroatoms. The van der Waals surface area contributed by atoms with Crippen molar-refractivity contribution in [3.63, 3.8) is 0 Å². The van der Waals surface area contributed by atoms with Crippen LogP contribution in [-0.2, 0) is 45.0 Å². The van der Waals surface area contributed by atoms with E-state index in [1.165, 1.54) is 22.3 Å². The Morgan fingerprint density at radius 2 is 0.966 bits per heavy atom. The lowest BCUT2D eigenvalue weighted by atomic mass is 9.76. The second-order valence-electron chi connectivity index (χ2n) is 17.0. The SMILES string of the molecule is O=C(CCC(=O)Nc1ccc(CN2CC[C@](CCc3ccccc3)([C@@H]3C=CCO3)C2)cc1)Nc1ccc(CN2CCC(CCc3ccccc3)([C@@H]3C=CCO3)C2)cc1. The van der Waals surface area contributed by atoms with Crippen LogP contribution in [0.4, 0.5) is 11.4 Å². The Labute approximate surface area is 344 Å². The van der Waals surface area contributed by atoms with Crippen LogP contribution in [0.25, 0.3) is 0 Å². The van der Waals surface area contributed by atoms with Crippen LogP contribution in [0.3, 0.4) is 0 Å². The molecule has 4 aromatic rings. The van der Waals surface area contributed by atoms with Crippen molar-refractivity contribution in [1.29, 1.82) is 0 Å². The molecule has 8 nitrogen and oxygen atoms in total. The zero-order valence-electron chi connectivity index (χ0n) is 33.7. The van der Waals surface area contributed by atoms with Crippen LogP contribution in [0.15, 0.2) is 133 Å². The van der Waals surface area contributed by atoms with Crippen LogP contribution in [0.5, 0.6) is 0 Å². The summed E-state index contributed by atoms with van der Waals surface area (Å²) < 4.78 is 12.4. The molecule has 302 valence electrons. The molecular weight excluding hydrogens is 721 g/mol. The molecule has 0 aromatic heterocycles. The second-order valence-corrected chi connectivity index (χ2v) is 17.0. The molecule has 58 heavy (non-hydrogen) atoms. The molecule has 0 saturated carbocycles. The standard InChI is InChI=1S/C50H58N4O4/c55-47(51-43-19-15-41(16-20-43)35-53-31-29-49(37-53,45-13-7-33-57-45)27-25-39-9-3-1-4-10-39)23-24-48(56)52-44-21-17-42(18-22-44)36-54-32-30-50(38-54,46-14-8-34-58-46)28-26-40-11-5-2-6-12-40/h1-22,45-46H,23-38H2,(H,51,55)(H,52,56)/t45-,46-,49-,50?/m0/s1. The van der Waals surface area contributed by atoms with Gasteiger partial charge in [-0.1, -0.05) is 109 Å². The van der Waals surface area contributed by atoms with Gasteiger partial charge < -0.3 is 20.1 Å². The van der Waals surface area contributed by atoms with E-state index in [9.17, 15) is 9.59 Å². The Hall–Kier alpha value is -4.86. The fourth-order valence-corrected chi connectivity index (χ4v) is 9.60. The number of nitrogens with zero attached hydrogens (tertiary/aromatic N) is 2. The van der Waals surface area contributed by atoms with Gasteiger partial charge in [0.15, 0.2) is 0 Å². The molecule has 8 rings (SSSR count). The number of anilines is 2. The van der Waals surface area contributed by atoms with Gasteiger partial charge in [0.05, 0.1) is 25.4 Å². The van der Waals surface area contributed by atoms with Gasteiger partial charge >= 0.3 is 0 Å². The fourth-order valence-electron chi connectivity index (χ4n) is 9.60. The first-order valence-electron chi connectivity index (χ1n) is 21.3. The van der Waals surface area contributed by atoms with E-state index in [0.29, 0.717) is 13.2 Å². The lowest BCUT2D eigenvalue weighted by Gasteiger charge is -2.34. The average Bonchev–Trinajstić information content (AvgIpc) is 4.10. The predicted octanol–water partition coefficient (Wildman–Crippen LogP) is 8.60. The number of carbonyl (C=O) groups is 2. The Balaban J connectivity index is 0.758. The van der Waals surface area contributed by atoms with E-state index in [2.05, 4.69) is 130 Å². The number of hydrogen-bond donors (Lipinski definition) is 2. The molecule has 4 atom stereocenters. The van der Waals surface area contributed by atoms with E-state index in [1.807, 2.05) is 24.3 Å². The molecule has 1 unspecified atom stereocenters. The van der Waals surface area contributed by atoms with E-state index in [0.717, 1.165) is 89.2 Å². The zero-order valence-corrected chi connectivity index (χ0v) is 33.7. The van der Waals surface area contributed by atoms with Crippen molar-refractivity contribution >= 4 is 23.2 Å². The maximum Gasteiger partial charge on any atom is 0.224 e. The molecule has 4 aliphatic heterocycles. The van der Waals surface area contributed by atoms with Crippen molar-refractivity contribution in [3.05, 3.63) is 156 Å². The van der Waals surface area contributed by atoms with Gasteiger partial charge in [0.1, 0.15) is 0 Å². The largest absolute Gasteiger partial charge is 0.369 e.